The highest BCUT2D eigenvalue weighted by atomic mass is 32.2. The van der Waals surface area contributed by atoms with Crippen LogP contribution >= 0.6 is 0 Å². The predicted molar refractivity (Wildman–Crippen MR) is 84.8 cm³/mol. The van der Waals surface area contributed by atoms with Gasteiger partial charge in [0.15, 0.2) is 0 Å². The van der Waals surface area contributed by atoms with E-state index in [4.69, 9.17) is 5.73 Å². The first-order valence-corrected chi connectivity index (χ1v) is 8.96. The van der Waals surface area contributed by atoms with Crippen LogP contribution in [0, 0.1) is 0 Å². The van der Waals surface area contributed by atoms with Crippen LogP contribution in [0.25, 0.3) is 0 Å². The summed E-state index contributed by atoms with van der Waals surface area (Å²) in [5.74, 6) is 0.0135. The van der Waals surface area contributed by atoms with E-state index in [1.165, 1.54) is 0 Å². The van der Waals surface area contributed by atoms with E-state index in [9.17, 15) is 8.42 Å². The van der Waals surface area contributed by atoms with Gasteiger partial charge in [0.1, 0.15) is 0 Å². The molecule has 0 saturated heterocycles. The second-order valence-electron chi connectivity index (χ2n) is 5.25. The third-order valence-corrected chi connectivity index (χ3v) is 4.63. The van der Waals surface area contributed by atoms with Gasteiger partial charge in [-0.3, -0.25) is 0 Å². The van der Waals surface area contributed by atoms with Crippen molar-refractivity contribution in [3.05, 3.63) is 29.8 Å². The van der Waals surface area contributed by atoms with E-state index in [1.54, 1.807) is 24.3 Å². The monoisotopic (exact) mass is 298 g/mol. The Kier molecular flexibility index (Phi) is 7.02. The molecule has 5 heteroatoms. The molecule has 0 fully saturated rings. The average molecular weight is 298 g/mol. The van der Waals surface area contributed by atoms with Gasteiger partial charge in [0, 0.05) is 11.7 Å². The molecule has 0 aliphatic carbocycles. The van der Waals surface area contributed by atoms with Gasteiger partial charge >= 0.3 is 0 Å². The van der Waals surface area contributed by atoms with Gasteiger partial charge in [0.2, 0.25) is 10.0 Å². The van der Waals surface area contributed by atoms with E-state index in [2.05, 4.69) is 18.6 Å². The minimum absolute atomic E-state index is 0.0135. The van der Waals surface area contributed by atoms with Crippen molar-refractivity contribution in [2.45, 2.75) is 57.7 Å². The summed E-state index contributed by atoms with van der Waals surface area (Å²) in [6.45, 7) is 4.19. The molecule has 0 aromatic heterocycles. The molecule has 1 atom stereocenters. The van der Waals surface area contributed by atoms with E-state index >= 15 is 0 Å². The molecule has 20 heavy (non-hydrogen) atoms. The molecule has 0 aliphatic heterocycles. The van der Waals surface area contributed by atoms with Crippen LogP contribution in [-0.2, 0) is 15.8 Å². The van der Waals surface area contributed by atoms with Crippen LogP contribution in [0.15, 0.2) is 24.3 Å². The number of nitrogen functional groups attached to an aromatic ring is 1. The Hall–Kier alpha value is -1.07. The van der Waals surface area contributed by atoms with Gasteiger partial charge in [0.25, 0.3) is 0 Å². The van der Waals surface area contributed by atoms with Gasteiger partial charge in [-0.2, -0.15) is 0 Å². The quantitative estimate of drug-likeness (QED) is 0.688. The van der Waals surface area contributed by atoms with Crippen molar-refractivity contribution in [2.24, 2.45) is 0 Å². The zero-order valence-corrected chi connectivity index (χ0v) is 13.2. The average Bonchev–Trinajstić information content (AvgIpc) is 2.38. The third kappa shape index (κ3) is 6.39. The lowest BCUT2D eigenvalue weighted by atomic mass is 10.1. The Morgan fingerprint density at radius 3 is 2.30 bits per heavy atom. The van der Waals surface area contributed by atoms with Crippen molar-refractivity contribution in [3.8, 4) is 0 Å². The summed E-state index contributed by atoms with van der Waals surface area (Å²) in [6, 6.07) is 7.03. The largest absolute Gasteiger partial charge is 0.399 e. The van der Waals surface area contributed by atoms with Crippen LogP contribution in [0.4, 0.5) is 5.69 Å². The molecular formula is C15H26N2O2S. The summed E-state index contributed by atoms with van der Waals surface area (Å²) in [5, 5.41) is 0. The van der Waals surface area contributed by atoms with Gasteiger partial charge in [0.05, 0.1) is 5.75 Å². The molecule has 1 aromatic rings. The van der Waals surface area contributed by atoms with Crippen molar-refractivity contribution in [2.75, 3.05) is 5.73 Å². The van der Waals surface area contributed by atoms with Crippen molar-refractivity contribution in [1.82, 2.24) is 4.72 Å². The van der Waals surface area contributed by atoms with E-state index in [0.29, 0.717) is 5.69 Å². The molecule has 0 radical (unpaired) electrons. The fourth-order valence-electron chi connectivity index (χ4n) is 2.19. The van der Waals surface area contributed by atoms with Crippen LogP contribution in [0.1, 0.15) is 51.5 Å². The van der Waals surface area contributed by atoms with E-state index < -0.39 is 10.0 Å². The van der Waals surface area contributed by atoms with E-state index in [1.807, 2.05) is 0 Å². The first-order valence-electron chi connectivity index (χ1n) is 7.31. The van der Waals surface area contributed by atoms with Gasteiger partial charge in [-0.05, 0) is 30.5 Å². The maximum Gasteiger partial charge on any atom is 0.216 e. The zero-order valence-electron chi connectivity index (χ0n) is 12.4. The SMILES string of the molecule is CCCCC(CCC)NS(=O)(=O)Cc1ccc(N)cc1. The molecule has 0 aliphatic rings. The fourth-order valence-corrected chi connectivity index (χ4v) is 3.65. The molecule has 1 aromatic carbocycles. The van der Waals surface area contributed by atoms with Crippen molar-refractivity contribution < 1.29 is 8.42 Å². The number of sulfonamides is 1. The van der Waals surface area contributed by atoms with Gasteiger partial charge in [-0.15, -0.1) is 0 Å². The Morgan fingerprint density at radius 2 is 1.75 bits per heavy atom. The van der Waals surface area contributed by atoms with Gasteiger partial charge in [-0.25, -0.2) is 13.1 Å². The molecule has 0 amide bonds. The minimum Gasteiger partial charge on any atom is -0.399 e. The van der Waals surface area contributed by atoms with Crippen LogP contribution in [0.2, 0.25) is 0 Å². The van der Waals surface area contributed by atoms with Crippen molar-refractivity contribution in [3.63, 3.8) is 0 Å². The highest BCUT2D eigenvalue weighted by Crippen LogP contribution is 2.12. The lowest BCUT2D eigenvalue weighted by molar-refractivity contribution is 0.483. The highest BCUT2D eigenvalue weighted by molar-refractivity contribution is 7.88. The summed E-state index contributed by atoms with van der Waals surface area (Å²) in [7, 11) is -3.29. The number of nitrogens with one attached hydrogen (secondary N) is 1. The number of rotatable bonds is 9. The summed E-state index contributed by atoms with van der Waals surface area (Å²) < 4.78 is 27.2. The fraction of sp³-hybridized carbons (Fsp3) is 0.600. The molecule has 1 rings (SSSR count). The lowest BCUT2D eigenvalue weighted by Gasteiger charge is -2.18. The number of anilines is 1. The van der Waals surface area contributed by atoms with E-state index in [0.717, 1.165) is 37.7 Å². The summed E-state index contributed by atoms with van der Waals surface area (Å²) in [5.41, 5.74) is 7.01. The maximum atomic E-state index is 12.2. The predicted octanol–water partition coefficient (Wildman–Crippen LogP) is 3.05. The zero-order chi connectivity index (χ0) is 15.0. The Labute approximate surface area is 122 Å². The van der Waals surface area contributed by atoms with Crippen LogP contribution in [0.3, 0.4) is 0 Å². The van der Waals surface area contributed by atoms with Crippen molar-refractivity contribution >= 4 is 15.7 Å². The molecule has 3 N–H and O–H groups in total. The second-order valence-corrected chi connectivity index (χ2v) is 7.00. The first-order chi connectivity index (χ1) is 9.46. The summed E-state index contributed by atoms with van der Waals surface area (Å²) in [6.07, 6.45) is 4.92. The summed E-state index contributed by atoms with van der Waals surface area (Å²) >= 11 is 0. The number of benzene rings is 1. The van der Waals surface area contributed by atoms with Crippen molar-refractivity contribution in [1.29, 1.82) is 0 Å². The molecule has 0 bridgehead atoms. The molecule has 0 heterocycles. The topological polar surface area (TPSA) is 72.2 Å². The van der Waals surface area contributed by atoms with Gasteiger partial charge in [-0.1, -0.05) is 45.2 Å². The highest BCUT2D eigenvalue weighted by Gasteiger charge is 2.17. The lowest BCUT2D eigenvalue weighted by Crippen LogP contribution is -2.35. The van der Waals surface area contributed by atoms with Gasteiger partial charge < -0.3 is 5.73 Å². The molecule has 0 spiro atoms. The maximum absolute atomic E-state index is 12.2. The molecule has 0 saturated carbocycles. The van der Waals surface area contributed by atoms with E-state index in [-0.39, 0.29) is 11.8 Å². The molecule has 114 valence electrons. The van der Waals surface area contributed by atoms with Crippen LogP contribution in [-0.4, -0.2) is 14.5 Å². The number of nitrogens with two attached hydrogens (primary N) is 1. The Bertz CT molecular complexity index is 483. The van der Waals surface area contributed by atoms with Crippen LogP contribution < -0.4 is 10.5 Å². The number of hydrogen-bond donors (Lipinski definition) is 2. The standard InChI is InChI=1S/C15H26N2O2S/c1-3-5-7-15(6-4-2)17-20(18,19)12-13-8-10-14(16)11-9-13/h8-11,15,17H,3-7,12,16H2,1-2H3. The van der Waals surface area contributed by atoms with Crippen LogP contribution in [0.5, 0.6) is 0 Å². The smallest absolute Gasteiger partial charge is 0.216 e. The Balaban J connectivity index is 2.64. The molecular weight excluding hydrogens is 272 g/mol. The molecule has 4 nitrogen and oxygen atoms in total. The second kappa shape index (κ2) is 8.27. The third-order valence-electron chi connectivity index (χ3n) is 3.23. The summed E-state index contributed by atoms with van der Waals surface area (Å²) in [4.78, 5) is 0. The Morgan fingerprint density at radius 1 is 1.10 bits per heavy atom. The number of hydrogen-bond acceptors (Lipinski definition) is 3. The number of unbranched alkanes of at least 4 members (excludes halogenated alkanes) is 1. The minimum atomic E-state index is -3.29. The first kappa shape index (κ1) is 17.0. The normalized spacial score (nSPS) is 13.3. The molecule has 1 unspecified atom stereocenters.